The normalized spacial score (nSPS) is 9.62. The molecule has 1 rings (SSSR count). The summed E-state index contributed by atoms with van der Waals surface area (Å²) in [6, 6.07) is 0. The summed E-state index contributed by atoms with van der Waals surface area (Å²) in [5.41, 5.74) is 0.586. The number of aromatic hydroxyl groups is 2. The van der Waals surface area contributed by atoms with E-state index >= 15 is 0 Å². The van der Waals surface area contributed by atoms with Gasteiger partial charge in [-0.25, -0.2) is 0 Å². The van der Waals surface area contributed by atoms with Gasteiger partial charge >= 0.3 is 0 Å². The lowest BCUT2D eigenvalue weighted by Gasteiger charge is -1.84. The zero-order valence-electron chi connectivity index (χ0n) is 4.47. The molecular weight excluding hydrogens is 106 g/mol. The Labute approximate surface area is 46.6 Å². The monoisotopic (exact) mass is 113 g/mol. The van der Waals surface area contributed by atoms with E-state index in [1.54, 1.807) is 6.92 Å². The van der Waals surface area contributed by atoms with Gasteiger partial charge < -0.3 is 15.2 Å². The maximum absolute atomic E-state index is 8.77. The van der Waals surface area contributed by atoms with E-state index in [0.717, 1.165) is 0 Å². The first-order valence-corrected chi connectivity index (χ1v) is 2.27. The third kappa shape index (κ3) is 0.521. The van der Waals surface area contributed by atoms with Crippen molar-refractivity contribution in [2.24, 2.45) is 0 Å². The Morgan fingerprint density at radius 2 is 2.12 bits per heavy atom. The van der Waals surface area contributed by atoms with E-state index in [0.29, 0.717) is 5.69 Å². The lowest BCUT2D eigenvalue weighted by Crippen LogP contribution is -1.64. The number of nitrogens with one attached hydrogen (secondary N) is 1. The molecule has 3 heteroatoms. The van der Waals surface area contributed by atoms with Gasteiger partial charge in [-0.05, 0) is 6.92 Å². The summed E-state index contributed by atoms with van der Waals surface area (Å²) in [5.74, 6) is -0.160. The van der Waals surface area contributed by atoms with Crippen molar-refractivity contribution in [3.63, 3.8) is 0 Å². The van der Waals surface area contributed by atoms with Gasteiger partial charge in [-0.1, -0.05) is 0 Å². The highest BCUT2D eigenvalue weighted by molar-refractivity contribution is 5.39. The molecule has 0 unspecified atom stereocenters. The molecule has 1 aromatic rings. The molecular formula is C5H7NO2. The zero-order valence-corrected chi connectivity index (χ0v) is 4.47. The fourth-order valence-electron chi connectivity index (χ4n) is 0.505. The van der Waals surface area contributed by atoms with E-state index in [2.05, 4.69) is 4.98 Å². The van der Waals surface area contributed by atoms with Crippen molar-refractivity contribution in [3.8, 4) is 11.5 Å². The Morgan fingerprint density at radius 1 is 1.50 bits per heavy atom. The van der Waals surface area contributed by atoms with Crippen LogP contribution in [0.4, 0.5) is 0 Å². The van der Waals surface area contributed by atoms with Crippen molar-refractivity contribution in [2.45, 2.75) is 6.92 Å². The molecule has 0 aliphatic heterocycles. The number of hydrogen-bond acceptors (Lipinski definition) is 2. The molecule has 0 radical (unpaired) electrons. The van der Waals surface area contributed by atoms with Crippen LogP contribution in [0.1, 0.15) is 5.69 Å². The standard InChI is InChI=1S/C5H7NO2/c1-3-5(8)4(7)2-6-3/h2,6-8H,1H3. The third-order valence-corrected chi connectivity index (χ3v) is 1.02. The van der Waals surface area contributed by atoms with Gasteiger partial charge in [0, 0.05) is 6.20 Å². The van der Waals surface area contributed by atoms with Crippen LogP contribution in [0.5, 0.6) is 11.5 Å². The van der Waals surface area contributed by atoms with Gasteiger partial charge in [-0.2, -0.15) is 0 Å². The van der Waals surface area contributed by atoms with Gasteiger partial charge in [0.05, 0.1) is 5.69 Å². The van der Waals surface area contributed by atoms with E-state index in [9.17, 15) is 0 Å². The second-order valence-corrected chi connectivity index (χ2v) is 1.65. The van der Waals surface area contributed by atoms with Crippen molar-refractivity contribution >= 4 is 0 Å². The van der Waals surface area contributed by atoms with Gasteiger partial charge in [-0.3, -0.25) is 0 Å². The Hall–Kier alpha value is -1.12. The Bertz CT molecular complexity index is 173. The maximum Gasteiger partial charge on any atom is 0.178 e. The van der Waals surface area contributed by atoms with Crippen molar-refractivity contribution in [1.29, 1.82) is 0 Å². The van der Waals surface area contributed by atoms with E-state index in [1.807, 2.05) is 0 Å². The molecule has 0 fully saturated rings. The molecule has 8 heavy (non-hydrogen) atoms. The van der Waals surface area contributed by atoms with Crippen LogP contribution in [0.15, 0.2) is 6.20 Å². The van der Waals surface area contributed by atoms with Crippen LogP contribution in [0, 0.1) is 6.92 Å². The summed E-state index contributed by atoms with van der Waals surface area (Å²) in [4.78, 5) is 2.64. The summed E-state index contributed by atoms with van der Waals surface area (Å²) >= 11 is 0. The van der Waals surface area contributed by atoms with Crippen LogP contribution in [-0.2, 0) is 0 Å². The number of aromatic amines is 1. The molecule has 1 aromatic heterocycles. The van der Waals surface area contributed by atoms with E-state index in [-0.39, 0.29) is 11.5 Å². The van der Waals surface area contributed by atoms with Crippen molar-refractivity contribution in [3.05, 3.63) is 11.9 Å². The van der Waals surface area contributed by atoms with Crippen molar-refractivity contribution < 1.29 is 10.2 Å². The molecule has 0 saturated carbocycles. The summed E-state index contributed by atoms with van der Waals surface area (Å²) in [7, 11) is 0. The number of hydrogen-bond donors (Lipinski definition) is 3. The highest BCUT2D eigenvalue weighted by atomic mass is 16.3. The smallest absolute Gasteiger partial charge is 0.178 e. The first-order chi connectivity index (χ1) is 3.72. The SMILES string of the molecule is Cc1[nH]cc(O)c1O. The van der Waals surface area contributed by atoms with Gasteiger partial charge in [0.2, 0.25) is 0 Å². The van der Waals surface area contributed by atoms with Crippen LogP contribution in [0.3, 0.4) is 0 Å². The van der Waals surface area contributed by atoms with E-state index < -0.39 is 0 Å². The Balaban J connectivity index is 3.19. The first-order valence-electron chi connectivity index (χ1n) is 2.27. The second-order valence-electron chi connectivity index (χ2n) is 1.65. The molecule has 44 valence electrons. The predicted octanol–water partition coefficient (Wildman–Crippen LogP) is 0.734. The largest absolute Gasteiger partial charge is 0.503 e. The number of rotatable bonds is 0. The van der Waals surface area contributed by atoms with Crippen LogP contribution in [0.2, 0.25) is 0 Å². The molecule has 0 aliphatic carbocycles. The molecule has 0 bridgehead atoms. The first kappa shape index (κ1) is 5.03. The average Bonchev–Trinajstić information content (AvgIpc) is 1.98. The quantitative estimate of drug-likeness (QED) is 0.464. The summed E-state index contributed by atoms with van der Waals surface area (Å²) < 4.78 is 0. The molecule has 3 nitrogen and oxygen atoms in total. The zero-order chi connectivity index (χ0) is 6.15. The molecule has 3 N–H and O–H groups in total. The molecule has 1 heterocycles. The minimum absolute atomic E-state index is 0.0648. The molecule has 0 aliphatic rings. The van der Waals surface area contributed by atoms with Crippen LogP contribution in [-0.4, -0.2) is 15.2 Å². The van der Waals surface area contributed by atoms with Crippen LogP contribution in [0.25, 0.3) is 0 Å². The lowest BCUT2D eigenvalue weighted by atomic mass is 10.4. The van der Waals surface area contributed by atoms with Crippen molar-refractivity contribution in [2.75, 3.05) is 0 Å². The minimum atomic E-state index is -0.0949. The fourth-order valence-corrected chi connectivity index (χ4v) is 0.505. The predicted molar refractivity (Wildman–Crippen MR) is 28.9 cm³/mol. The van der Waals surface area contributed by atoms with Gasteiger partial charge in [0.15, 0.2) is 11.5 Å². The van der Waals surface area contributed by atoms with Gasteiger partial charge in [0.1, 0.15) is 0 Å². The van der Waals surface area contributed by atoms with E-state index in [4.69, 9.17) is 10.2 Å². The Kier molecular flexibility index (Phi) is 0.901. The molecule has 0 aromatic carbocycles. The summed E-state index contributed by atoms with van der Waals surface area (Å²) in [6.07, 6.45) is 1.34. The summed E-state index contributed by atoms with van der Waals surface area (Å²) in [5, 5.41) is 17.4. The van der Waals surface area contributed by atoms with Crippen LogP contribution < -0.4 is 0 Å². The number of aryl methyl sites for hydroxylation is 1. The average molecular weight is 113 g/mol. The molecule has 0 amide bonds. The topological polar surface area (TPSA) is 56.2 Å². The highest BCUT2D eigenvalue weighted by Gasteiger charge is 2.01. The summed E-state index contributed by atoms with van der Waals surface area (Å²) in [6.45, 7) is 1.68. The molecule has 0 spiro atoms. The highest BCUT2D eigenvalue weighted by Crippen LogP contribution is 2.26. The van der Waals surface area contributed by atoms with E-state index in [1.165, 1.54) is 6.20 Å². The Morgan fingerprint density at radius 3 is 2.25 bits per heavy atom. The number of aromatic nitrogens is 1. The maximum atomic E-state index is 8.77. The van der Waals surface area contributed by atoms with Gasteiger partial charge in [0.25, 0.3) is 0 Å². The van der Waals surface area contributed by atoms with Crippen molar-refractivity contribution in [1.82, 2.24) is 4.98 Å². The third-order valence-electron chi connectivity index (χ3n) is 1.02. The molecule has 0 atom stereocenters. The fraction of sp³-hybridized carbons (Fsp3) is 0.200. The van der Waals surface area contributed by atoms with Crippen LogP contribution >= 0.6 is 0 Å². The van der Waals surface area contributed by atoms with Gasteiger partial charge in [-0.15, -0.1) is 0 Å². The lowest BCUT2D eigenvalue weighted by molar-refractivity contribution is 0.405. The number of H-pyrrole nitrogens is 1. The molecule has 0 saturated heterocycles. The minimum Gasteiger partial charge on any atom is -0.503 e. The second kappa shape index (κ2) is 1.43.